The summed E-state index contributed by atoms with van der Waals surface area (Å²) in [4.78, 5) is 7.06. The standard InChI is InChI=1S/C28H29N7/c1-34-19-25(33-28-26(34)14-23(16-31-28)24-17-32-35(2)18-24)27(22-6-4-3-5-7-22)30-13-12-20-8-10-21(15-29)11-9-20/h3-11,14,16-18,25,27,30H,12-13,19H2,1-2H3,(H,31,33)/t25-,27-/m1/s1. The van der Waals surface area contributed by atoms with Gasteiger partial charge in [-0.25, -0.2) is 4.98 Å². The number of hydrogen-bond donors (Lipinski definition) is 2. The number of anilines is 2. The lowest BCUT2D eigenvalue weighted by Gasteiger charge is -2.39. The van der Waals surface area contributed by atoms with E-state index in [1.54, 1.807) is 4.68 Å². The van der Waals surface area contributed by atoms with Crippen LogP contribution in [0.3, 0.4) is 0 Å². The molecule has 2 aromatic carbocycles. The first-order chi connectivity index (χ1) is 17.1. The van der Waals surface area contributed by atoms with Crippen LogP contribution in [0, 0.1) is 11.3 Å². The Bertz CT molecular complexity index is 1320. The molecular weight excluding hydrogens is 434 g/mol. The van der Waals surface area contributed by atoms with Crippen LogP contribution in [-0.4, -0.2) is 40.9 Å². The zero-order chi connectivity index (χ0) is 24.2. The Morgan fingerprint density at radius 3 is 2.60 bits per heavy atom. The van der Waals surface area contributed by atoms with Gasteiger partial charge in [0.25, 0.3) is 0 Å². The van der Waals surface area contributed by atoms with Crippen molar-refractivity contribution in [2.75, 3.05) is 30.4 Å². The van der Waals surface area contributed by atoms with Gasteiger partial charge in [-0.05, 0) is 42.3 Å². The molecule has 0 bridgehead atoms. The van der Waals surface area contributed by atoms with Crippen molar-refractivity contribution in [1.82, 2.24) is 20.1 Å². The fourth-order valence-electron chi connectivity index (χ4n) is 4.66. The number of aromatic nitrogens is 3. The van der Waals surface area contributed by atoms with Gasteiger partial charge in [0, 0.05) is 44.2 Å². The fourth-order valence-corrected chi connectivity index (χ4v) is 4.66. The minimum Gasteiger partial charge on any atom is -0.369 e. The number of nitrogens with one attached hydrogen (secondary N) is 2. The summed E-state index contributed by atoms with van der Waals surface area (Å²) in [7, 11) is 4.05. The lowest BCUT2D eigenvalue weighted by molar-refractivity contribution is 0.459. The molecule has 5 rings (SSSR count). The van der Waals surface area contributed by atoms with Gasteiger partial charge in [-0.15, -0.1) is 0 Å². The van der Waals surface area contributed by atoms with E-state index in [2.05, 4.69) is 70.1 Å². The molecule has 2 aromatic heterocycles. The van der Waals surface area contributed by atoms with Crippen LogP contribution >= 0.6 is 0 Å². The zero-order valence-corrected chi connectivity index (χ0v) is 20.0. The summed E-state index contributed by atoms with van der Waals surface area (Å²) in [5.41, 5.74) is 6.36. The van der Waals surface area contributed by atoms with E-state index in [0.717, 1.165) is 42.1 Å². The topological polar surface area (TPSA) is 81.8 Å². The summed E-state index contributed by atoms with van der Waals surface area (Å²) in [5.74, 6) is 0.895. The summed E-state index contributed by atoms with van der Waals surface area (Å²) in [6, 6.07) is 23.0. The van der Waals surface area contributed by atoms with Gasteiger partial charge < -0.3 is 15.5 Å². The third-order valence-electron chi connectivity index (χ3n) is 6.53. The van der Waals surface area contributed by atoms with Crippen LogP contribution in [0.25, 0.3) is 11.1 Å². The number of aryl methyl sites for hydroxylation is 1. The smallest absolute Gasteiger partial charge is 0.149 e. The van der Waals surface area contributed by atoms with Gasteiger partial charge in [-0.2, -0.15) is 10.4 Å². The summed E-state index contributed by atoms with van der Waals surface area (Å²) < 4.78 is 1.81. The maximum atomic E-state index is 9.03. The van der Waals surface area contributed by atoms with Crippen molar-refractivity contribution in [3.8, 4) is 17.2 Å². The fraction of sp³-hybridized carbons (Fsp3) is 0.250. The summed E-state index contributed by atoms with van der Waals surface area (Å²) >= 11 is 0. The van der Waals surface area contributed by atoms with Crippen molar-refractivity contribution >= 4 is 11.5 Å². The van der Waals surface area contributed by atoms with Crippen LogP contribution in [0.4, 0.5) is 11.5 Å². The van der Waals surface area contributed by atoms with E-state index in [4.69, 9.17) is 10.2 Å². The lowest BCUT2D eigenvalue weighted by Crippen LogP contribution is -2.48. The third kappa shape index (κ3) is 5.03. The Balaban J connectivity index is 1.34. The maximum absolute atomic E-state index is 9.03. The SMILES string of the molecule is CN1C[C@H]([C@H](NCCc2ccc(C#N)cc2)c2ccccc2)Nc2ncc(-c3cnn(C)c3)cc21. The first kappa shape index (κ1) is 22.6. The van der Waals surface area contributed by atoms with Gasteiger partial charge in [0.1, 0.15) is 5.82 Å². The summed E-state index contributed by atoms with van der Waals surface area (Å²) in [6.45, 7) is 1.67. The van der Waals surface area contributed by atoms with Crippen molar-refractivity contribution < 1.29 is 0 Å². The zero-order valence-electron chi connectivity index (χ0n) is 20.0. The van der Waals surface area contributed by atoms with E-state index >= 15 is 0 Å². The average Bonchev–Trinajstić information content (AvgIpc) is 3.33. The molecule has 1 aliphatic rings. The largest absolute Gasteiger partial charge is 0.369 e. The molecule has 0 saturated heterocycles. The van der Waals surface area contributed by atoms with Crippen molar-refractivity contribution in [2.45, 2.75) is 18.5 Å². The van der Waals surface area contributed by atoms with Gasteiger partial charge >= 0.3 is 0 Å². The molecule has 1 aliphatic heterocycles. The highest BCUT2D eigenvalue weighted by Gasteiger charge is 2.30. The van der Waals surface area contributed by atoms with Crippen molar-refractivity contribution in [3.63, 3.8) is 0 Å². The highest BCUT2D eigenvalue weighted by molar-refractivity contribution is 5.76. The molecule has 0 radical (unpaired) electrons. The van der Waals surface area contributed by atoms with E-state index < -0.39 is 0 Å². The third-order valence-corrected chi connectivity index (χ3v) is 6.53. The van der Waals surface area contributed by atoms with Crippen LogP contribution in [0.2, 0.25) is 0 Å². The number of fused-ring (bicyclic) bond motifs is 1. The van der Waals surface area contributed by atoms with Crippen molar-refractivity contribution in [3.05, 3.63) is 95.9 Å². The molecule has 0 amide bonds. The minimum absolute atomic E-state index is 0.116. The lowest BCUT2D eigenvalue weighted by atomic mass is 9.96. The van der Waals surface area contributed by atoms with E-state index in [9.17, 15) is 0 Å². The Hall–Kier alpha value is -4.15. The number of nitriles is 1. The second-order valence-corrected chi connectivity index (χ2v) is 9.03. The molecule has 4 aromatic rings. The molecule has 0 saturated carbocycles. The van der Waals surface area contributed by atoms with Crippen LogP contribution in [0.5, 0.6) is 0 Å². The first-order valence-corrected chi connectivity index (χ1v) is 11.8. The second-order valence-electron chi connectivity index (χ2n) is 9.03. The monoisotopic (exact) mass is 463 g/mol. The van der Waals surface area contributed by atoms with E-state index in [-0.39, 0.29) is 12.1 Å². The molecule has 0 spiro atoms. The molecule has 2 atom stereocenters. The summed E-state index contributed by atoms with van der Waals surface area (Å²) in [5, 5.41) is 20.8. The molecule has 0 aliphatic carbocycles. The molecule has 7 nitrogen and oxygen atoms in total. The number of hydrogen-bond acceptors (Lipinski definition) is 6. The molecule has 2 N–H and O–H groups in total. The number of benzene rings is 2. The highest BCUT2D eigenvalue weighted by Crippen LogP contribution is 2.34. The van der Waals surface area contributed by atoms with Crippen molar-refractivity contribution in [1.29, 1.82) is 5.26 Å². The molecule has 7 heteroatoms. The van der Waals surface area contributed by atoms with Gasteiger partial charge in [0.2, 0.25) is 0 Å². The van der Waals surface area contributed by atoms with Crippen LogP contribution in [0.15, 0.2) is 79.3 Å². The minimum atomic E-state index is 0.116. The Morgan fingerprint density at radius 1 is 1.09 bits per heavy atom. The van der Waals surface area contributed by atoms with Gasteiger partial charge in [0.05, 0.1) is 35.6 Å². The Kier molecular flexibility index (Phi) is 6.47. The van der Waals surface area contributed by atoms with Crippen LogP contribution in [-0.2, 0) is 13.5 Å². The molecular formula is C28H29N7. The van der Waals surface area contributed by atoms with E-state index in [1.165, 1.54) is 11.1 Å². The molecule has 35 heavy (non-hydrogen) atoms. The average molecular weight is 464 g/mol. The number of nitrogens with zero attached hydrogens (tertiary/aromatic N) is 5. The molecule has 0 fully saturated rings. The van der Waals surface area contributed by atoms with Crippen LogP contribution < -0.4 is 15.5 Å². The normalized spacial score (nSPS) is 15.7. The first-order valence-electron chi connectivity index (χ1n) is 11.8. The predicted octanol–water partition coefficient (Wildman–Crippen LogP) is 4.16. The maximum Gasteiger partial charge on any atom is 0.149 e. The second kappa shape index (κ2) is 10.00. The molecule has 176 valence electrons. The molecule has 3 heterocycles. The summed E-state index contributed by atoms with van der Waals surface area (Å²) in [6.07, 6.45) is 6.67. The van der Waals surface area contributed by atoms with Gasteiger partial charge in [-0.1, -0.05) is 42.5 Å². The van der Waals surface area contributed by atoms with Gasteiger partial charge in [-0.3, -0.25) is 4.68 Å². The molecule has 0 unspecified atom stereocenters. The Morgan fingerprint density at radius 2 is 1.89 bits per heavy atom. The highest BCUT2D eigenvalue weighted by atomic mass is 15.2. The van der Waals surface area contributed by atoms with Crippen molar-refractivity contribution in [2.24, 2.45) is 7.05 Å². The quantitative estimate of drug-likeness (QED) is 0.428. The van der Waals surface area contributed by atoms with Crippen LogP contribution in [0.1, 0.15) is 22.7 Å². The number of rotatable bonds is 7. The van der Waals surface area contributed by atoms with E-state index in [1.807, 2.05) is 49.9 Å². The number of likely N-dealkylation sites (N-methyl/N-ethyl adjacent to an activating group) is 1. The Labute approximate surface area is 206 Å². The predicted molar refractivity (Wildman–Crippen MR) is 139 cm³/mol. The number of pyridine rings is 1. The van der Waals surface area contributed by atoms with E-state index in [0.29, 0.717) is 5.56 Å². The van der Waals surface area contributed by atoms with Gasteiger partial charge in [0.15, 0.2) is 0 Å².